The Balaban J connectivity index is 2.46. The van der Waals surface area contributed by atoms with Gasteiger partial charge in [-0.15, -0.1) is 6.58 Å². The average molecular weight is 244 g/mol. The summed E-state index contributed by atoms with van der Waals surface area (Å²) in [7, 11) is 0. The summed E-state index contributed by atoms with van der Waals surface area (Å²) in [5.41, 5.74) is 2.31. The zero-order valence-corrected chi connectivity index (χ0v) is 10.9. The van der Waals surface area contributed by atoms with Crippen molar-refractivity contribution < 1.29 is 9.53 Å². The fourth-order valence-corrected chi connectivity index (χ4v) is 1.79. The highest BCUT2D eigenvalue weighted by molar-refractivity contribution is 5.65. The molecule has 0 radical (unpaired) electrons. The molecular formula is C16H20O2. The van der Waals surface area contributed by atoms with E-state index in [1.54, 1.807) is 0 Å². The molecule has 96 valence electrons. The van der Waals surface area contributed by atoms with E-state index in [-0.39, 0.29) is 11.9 Å². The molecular weight excluding hydrogens is 224 g/mol. The van der Waals surface area contributed by atoms with Crippen molar-refractivity contribution >= 4 is 5.97 Å². The molecule has 0 spiro atoms. The number of carbonyl (C=O) groups excluding carboxylic acids is 1. The lowest BCUT2D eigenvalue weighted by atomic mass is 9.91. The third kappa shape index (κ3) is 5.00. The molecule has 1 rings (SSSR count). The number of hydrogen-bond donors (Lipinski definition) is 0. The number of ether oxygens (including phenoxy) is 1. The molecule has 0 N–H and O–H groups in total. The molecule has 0 aliphatic carbocycles. The molecule has 1 aromatic rings. The van der Waals surface area contributed by atoms with Crippen LogP contribution in [0.3, 0.4) is 0 Å². The zero-order valence-electron chi connectivity index (χ0n) is 10.9. The van der Waals surface area contributed by atoms with Crippen molar-refractivity contribution in [2.24, 2.45) is 0 Å². The largest absolute Gasteiger partial charge is 0.466 e. The standard InChI is InChI=1S/C16H20O2/c1-4-15(16-8-6-5-7-9-16)12-13(2)10-11-18-14(3)17/h4-9,15H,1-2,10-12H2,3H3. The Kier molecular flexibility index (Phi) is 5.92. The monoisotopic (exact) mass is 244 g/mol. The summed E-state index contributed by atoms with van der Waals surface area (Å²) >= 11 is 0. The number of benzene rings is 1. The maximum Gasteiger partial charge on any atom is 0.302 e. The Morgan fingerprint density at radius 2 is 2.06 bits per heavy atom. The third-order valence-corrected chi connectivity index (χ3v) is 2.78. The molecule has 0 saturated carbocycles. The van der Waals surface area contributed by atoms with Crippen molar-refractivity contribution in [3.63, 3.8) is 0 Å². The van der Waals surface area contributed by atoms with E-state index >= 15 is 0 Å². The van der Waals surface area contributed by atoms with Crippen LogP contribution >= 0.6 is 0 Å². The molecule has 0 aromatic heterocycles. The Morgan fingerprint density at radius 1 is 1.39 bits per heavy atom. The van der Waals surface area contributed by atoms with Crippen molar-refractivity contribution in [3.8, 4) is 0 Å². The van der Waals surface area contributed by atoms with Crippen LogP contribution in [0.1, 0.15) is 31.2 Å². The molecule has 1 aromatic carbocycles. The van der Waals surface area contributed by atoms with Crippen LogP contribution in [0, 0.1) is 0 Å². The molecule has 0 fully saturated rings. The summed E-state index contributed by atoms with van der Waals surface area (Å²) in [6.07, 6.45) is 3.48. The van der Waals surface area contributed by atoms with Crippen LogP contribution < -0.4 is 0 Å². The summed E-state index contributed by atoms with van der Waals surface area (Å²) < 4.78 is 4.91. The maximum absolute atomic E-state index is 10.7. The Hall–Kier alpha value is -1.83. The predicted molar refractivity (Wildman–Crippen MR) is 74.4 cm³/mol. The highest BCUT2D eigenvalue weighted by Gasteiger charge is 2.09. The average Bonchev–Trinajstić information content (AvgIpc) is 2.36. The molecule has 2 heteroatoms. The molecule has 2 nitrogen and oxygen atoms in total. The number of carbonyl (C=O) groups is 1. The van der Waals surface area contributed by atoms with E-state index in [2.05, 4.69) is 25.3 Å². The van der Waals surface area contributed by atoms with Gasteiger partial charge in [0.2, 0.25) is 0 Å². The molecule has 18 heavy (non-hydrogen) atoms. The van der Waals surface area contributed by atoms with Crippen LogP contribution in [0.25, 0.3) is 0 Å². The Bertz CT molecular complexity index is 406. The number of esters is 1. The Morgan fingerprint density at radius 3 is 2.61 bits per heavy atom. The van der Waals surface area contributed by atoms with Crippen LogP contribution in [0.2, 0.25) is 0 Å². The fraction of sp³-hybridized carbons (Fsp3) is 0.312. The van der Waals surface area contributed by atoms with E-state index in [0.717, 1.165) is 12.0 Å². The third-order valence-electron chi connectivity index (χ3n) is 2.78. The van der Waals surface area contributed by atoms with Crippen LogP contribution in [0.5, 0.6) is 0 Å². The molecule has 0 aliphatic rings. The summed E-state index contributed by atoms with van der Waals surface area (Å²) in [5.74, 6) is 0.0298. The van der Waals surface area contributed by atoms with E-state index in [9.17, 15) is 4.79 Å². The van der Waals surface area contributed by atoms with Crippen LogP contribution in [0.15, 0.2) is 55.1 Å². The summed E-state index contributed by atoms with van der Waals surface area (Å²) in [6, 6.07) is 10.2. The van der Waals surface area contributed by atoms with Gasteiger partial charge in [-0.25, -0.2) is 0 Å². The zero-order chi connectivity index (χ0) is 13.4. The second-order valence-corrected chi connectivity index (χ2v) is 4.30. The van der Waals surface area contributed by atoms with Gasteiger partial charge in [-0.1, -0.05) is 48.6 Å². The van der Waals surface area contributed by atoms with E-state index in [1.807, 2.05) is 24.3 Å². The number of hydrogen-bond acceptors (Lipinski definition) is 2. The van der Waals surface area contributed by atoms with Crippen LogP contribution in [-0.4, -0.2) is 12.6 Å². The van der Waals surface area contributed by atoms with Gasteiger partial charge in [-0.3, -0.25) is 4.79 Å². The van der Waals surface area contributed by atoms with E-state index < -0.39 is 0 Å². The van der Waals surface area contributed by atoms with Crippen molar-refractivity contribution in [1.29, 1.82) is 0 Å². The van der Waals surface area contributed by atoms with E-state index in [4.69, 9.17) is 4.74 Å². The molecule has 1 atom stereocenters. The van der Waals surface area contributed by atoms with Crippen LogP contribution in [0.4, 0.5) is 0 Å². The highest BCUT2D eigenvalue weighted by atomic mass is 16.5. The normalized spacial score (nSPS) is 11.6. The first-order chi connectivity index (χ1) is 8.63. The van der Waals surface area contributed by atoms with Gasteiger partial charge in [0.15, 0.2) is 0 Å². The quantitative estimate of drug-likeness (QED) is 0.538. The maximum atomic E-state index is 10.7. The molecule has 1 unspecified atom stereocenters. The van der Waals surface area contributed by atoms with Gasteiger partial charge < -0.3 is 4.74 Å². The van der Waals surface area contributed by atoms with Gasteiger partial charge in [-0.2, -0.15) is 0 Å². The van der Waals surface area contributed by atoms with Crippen molar-refractivity contribution in [1.82, 2.24) is 0 Å². The summed E-state index contributed by atoms with van der Waals surface area (Å²) in [4.78, 5) is 10.7. The lowest BCUT2D eigenvalue weighted by Gasteiger charge is -2.14. The first-order valence-corrected chi connectivity index (χ1v) is 6.11. The molecule has 0 heterocycles. The van der Waals surface area contributed by atoms with Gasteiger partial charge in [0.25, 0.3) is 0 Å². The van der Waals surface area contributed by atoms with Gasteiger partial charge >= 0.3 is 5.97 Å². The van der Waals surface area contributed by atoms with Gasteiger partial charge in [0, 0.05) is 19.3 Å². The van der Waals surface area contributed by atoms with E-state index in [1.165, 1.54) is 12.5 Å². The van der Waals surface area contributed by atoms with Gasteiger partial charge in [-0.05, 0) is 12.0 Å². The topological polar surface area (TPSA) is 26.3 Å². The predicted octanol–water partition coefficient (Wildman–Crippen LogP) is 3.86. The van der Waals surface area contributed by atoms with Crippen molar-refractivity contribution in [3.05, 3.63) is 60.7 Å². The molecule has 0 bridgehead atoms. The molecule has 0 saturated heterocycles. The second-order valence-electron chi connectivity index (χ2n) is 4.30. The summed E-state index contributed by atoms with van der Waals surface area (Å²) in [5, 5.41) is 0. The van der Waals surface area contributed by atoms with Crippen LogP contribution in [-0.2, 0) is 9.53 Å². The number of allylic oxidation sites excluding steroid dienone is 1. The lowest BCUT2D eigenvalue weighted by molar-refractivity contribution is -0.140. The first kappa shape index (κ1) is 14.2. The van der Waals surface area contributed by atoms with Gasteiger partial charge in [0.1, 0.15) is 0 Å². The molecule has 0 aliphatic heterocycles. The fourth-order valence-electron chi connectivity index (χ4n) is 1.79. The number of rotatable bonds is 7. The first-order valence-electron chi connectivity index (χ1n) is 6.11. The van der Waals surface area contributed by atoms with E-state index in [0.29, 0.717) is 13.0 Å². The second kappa shape index (κ2) is 7.49. The SMILES string of the molecule is C=CC(CC(=C)CCOC(C)=O)c1ccccc1. The van der Waals surface area contributed by atoms with Crippen molar-refractivity contribution in [2.45, 2.75) is 25.7 Å². The van der Waals surface area contributed by atoms with Crippen molar-refractivity contribution in [2.75, 3.05) is 6.61 Å². The lowest BCUT2D eigenvalue weighted by Crippen LogP contribution is -2.03. The molecule has 0 amide bonds. The summed E-state index contributed by atoms with van der Waals surface area (Å²) in [6.45, 7) is 9.72. The smallest absolute Gasteiger partial charge is 0.302 e. The Labute approximate surface area is 109 Å². The highest BCUT2D eigenvalue weighted by Crippen LogP contribution is 2.25. The minimum atomic E-state index is -0.244. The van der Waals surface area contributed by atoms with Gasteiger partial charge in [0.05, 0.1) is 6.61 Å². The minimum Gasteiger partial charge on any atom is -0.466 e. The minimum absolute atomic E-state index is 0.244.